The number of nitrogens with one attached hydrogen (secondary N) is 18. The molecule has 145 heavy (non-hydrogen) atoms. The van der Waals surface area contributed by atoms with Gasteiger partial charge in [-0.15, -0.1) is 0 Å². The fraction of sp³-hybridized carbons (Fsp3) is 0.594. The summed E-state index contributed by atoms with van der Waals surface area (Å²) in [5.74, 6) is -22.0. The van der Waals surface area contributed by atoms with Gasteiger partial charge in [0.25, 0.3) is 0 Å². The Hall–Kier alpha value is -13.4. The Balaban J connectivity index is 1.41. The van der Waals surface area contributed by atoms with Gasteiger partial charge in [0, 0.05) is 25.8 Å². The third-order valence-electron chi connectivity index (χ3n) is 22.9. The Morgan fingerprint density at radius 1 is 0.366 bits per heavy atom. The third kappa shape index (κ3) is 43.6. The Morgan fingerprint density at radius 2 is 0.683 bits per heavy atom. The first-order chi connectivity index (χ1) is 68.3. The van der Waals surface area contributed by atoms with E-state index in [-0.39, 0.29) is 94.4 Å². The van der Waals surface area contributed by atoms with Crippen LogP contribution < -0.4 is 107 Å². The lowest BCUT2D eigenvalue weighted by atomic mass is 9.99. The molecule has 1 saturated heterocycles. The first-order valence-corrected chi connectivity index (χ1v) is 49.4. The van der Waals surface area contributed by atoms with E-state index in [1.165, 1.54) is 30.5 Å². The summed E-state index contributed by atoms with van der Waals surface area (Å²) in [7, 11) is 0. The zero-order valence-electron chi connectivity index (χ0n) is 84.2. The maximum absolute atomic E-state index is 14.4. The van der Waals surface area contributed by atoms with E-state index in [0.29, 0.717) is 22.4 Å². The minimum Gasteiger partial charge on any atom is -0.480 e. The maximum atomic E-state index is 14.4. The summed E-state index contributed by atoms with van der Waals surface area (Å²) >= 11 is 1.39. The second-order valence-electron chi connectivity index (χ2n) is 37.6. The number of carboxylic acids is 1. The van der Waals surface area contributed by atoms with E-state index in [2.05, 4.69) is 95.7 Å². The van der Waals surface area contributed by atoms with E-state index in [9.17, 15) is 131 Å². The second-order valence-corrected chi connectivity index (χ2v) is 38.6. The largest absolute Gasteiger partial charge is 0.480 e. The Morgan fingerprint density at radius 3 is 1.08 bits per heavy atom. The number of aliphatic carboxylic acids is 1. The molecule has 1 aliphatic rings. The Kier molecular flexibility index (Phi) is 53.9. The van der Waals surface area contributed by atoms with Crippen molar-refractivity contribution in [3.8, 4) is 0 Å². The summed E-state index contributed by atoms with van der Waals surface area (Å²) in [6, 6.07) is -3.23. The van der Waals surface area contributed by atoms with E-state index in [0.717, 1.165) is 6.92 Å². The van der Waals surface area contributed by atoms with Crippen molar-refractivity contribution in [2.24, 2.45) is 41.1 Å². The zero-order chi connectivity index (χ0) is 109. The van der Waals surface area contributed by atoms with Crippen LogP contribution in [0.3, 0.4) is 0 Å². The number of benzene rings is 3. The normalized spacial score (nSPS) is 16.1. The number of likely N-dealkylation sites (tertiary alicyclic amines) is 1. The number of carbonyl (C=O) groups is 21. The highest BCUT2D eigenvalue weighted by Crippen LogP contribution is 2.21. The smallest absolute Gasteiger partial charge is 0.326 e. The molecular formula is C96H147N21O27S. The molecule has 4 rings (SSSR count). The molecule has 1 heterocycles. The number of carbonyl (C=O) groups excluding carboxylic acids is 20. The molecule has 19 atom stereocenters. The summed E-state index contributed by atoms with van der Waals surface area (Å²) in [5, 5.41) is 106. The lowest BCUT2D eigenvalue weighted by Crippen LogP contribution is -2.63. The predicted octanol–water partition coefficient (Wildman–Crippen LogP) is -7.03. The Bertz CT molecular complexity index is 4850. The second kappa shape index (κ2) is 63.0. The van der Waals surface area contributed by atoms with Crippen LogP contribution in [0.15, 0.2) is 91.0 Å². The van der Waals surface area contributed by atoms with E-state index in [1.807, 2.05) is 0 Å². The molecular weight excluding hydrogens is 1910 g/mol. The van der Waals surface area contributed by atoms with Crippen LogP contribution >= 0.6 is 11.8 Å². The van der Waals surface area contributed by atoms with Crippen molar-refractivity contribution in [1.82, 2.24) is 101 Å². The molecule has 0 radical (unpaired) electrons. The van der Waals surface area contributed by atoms with Gasteiger partial charge in [0.1, 0.15) is 103 Å². The van der Waals surface area contributed by atoms with Gasteiger partial charge in [-0.25, -0.2) is 4.79 Å². The highest BCUT2D eigenvalue weighted by molar-refractivity contribution is 7.98. The molecule has 48 nitrogen and oxygen atoms in total. The Labute approximate surface area is 846 Å². The van der Waals surface area contributed by atoms with Gasteiger partial charge in [-0.05, 0) is 124 Å². The van der Waals surface area contributed by atoms with E-state index in [1.54, 1.807) is 166 Å². The number of primary amides is 1. The number of carboxylic acid groups (broad SMARTS) is 1. The van der Waals surface area contributed by atoms with Crippen molar-refractivity contribution < 1.29 is 131 Å². The highest BCUT2D eigenvalue weighted by Gasteiger charge is 2.42. The van der Waals surface area contributed by atoms with Crippen LogP contribution in [0.1, 0.15) is 158 Å². The van der Waals surface area contributed by atoms with Crippen LogP contribution in [-0.2, 0) is 120 Å². The van der Waals surface area contributed by atoms with Crippen molar-refractivity contribution in [2.45, 2.75) is 275 Å². The third-order valence-corrected chi connectivity index (χ3v) is 23.5. The molecule has 3 aromatic rings. The van der Waals surface area contributed by atoms with Crippen LogP contribution in [0.2, 0.25) is 0 Å². The number of aliphatic hydroxyl groups excluding tert-OH is 5. The first-order valence-electron chi connectivity index (χ1n) is 48.0. The molecule has 0 saturated carbocycles. The minimum atomic E-state index is -2.02. The van der Waals surface area contributed by atoms with Crippen LogP contribution in [0, 0.1) is 29.6 Å². The van der Waals surface area contributed by atoms with Gasteiger partial charge >= 0.3 is 5.97 Å². The molecule has 0 aromatic heterocycles. The maximum Gasteiger partial charge on any atom is 0.326 e. The summed E-state index contributed by atoms with van der Waals surface area (Å²) in [4.78, 5) is 289. The van der Waals surface area contributed by atoms with Gasteiger partial charge in [0.2, 0.25) is 118 Å². The molecule has 20 amide bonds. The van der Waals surface area contributed by atoms with Crippen LogP contribution in [0.25, 0.3) is 0 Å². The van der Waals surface area contributed by atoms with Crippen molar-refractivity contribution in [3.63, 3.8) is 0 Å². The lowest BCUT2D eigenvalue weighted by Gasteiger charge is -2.29. The van der Waals surface area contributed by atoms with Crippen molar-refractivity contribution in [2.75, 3.05) is 58.1 Å². The van der Waals surface area contributed by atoms with Crippen molar-refractivity contribution >= 4 is 136 Å². The molecule has 28 N–H and O–H groups in total. The summed E-state index contributed by atoms with van der Waals surface area (Å²) in [6.07, 6.45) is -0.712. The summed E-state index contributed by atoms with van der Waals surface area (Å²) in [6.45, 7) is 14.9. The minimum absolute atomic E-state index is 0.00172. The highest BCUT2D eigenvalue weighted by atomic mass is 32.2. The van der Waals surface area contributed by atoms with Crippen LogP contribution in [0.4, 0.5) is 0 Å². The van der Waals surface area contributed by atoms with Gasteiger partial charge in [-0.1, -0.05) is 160 Å². The van der Waals surface area contributed by atoms with Crippen molar-refractivity contribution in [1.29, 1.82) is 0 Å². The number of hydrogen-bond acceptors (Lipinski definition) is 28. The fourth-order valence-corrected chi connectivity index (χ4v) is 15.5. The number of rotatable bonds is 63. The topological polar surface area (TPSA) is 752 Å². The summed E-state index contributed by atoms with van der Waals surface area (Å²) < 4.78 is 0. The standard InChI is InChI=1S/C96H147N21O27S/c1-49(2)35-61(82(129)99-43-75(124)103-62(36-50(3)4)84(131)108-63(37-51(5)6)85(132)110-68(96(143)144)38-52(7)8)107-90(137)70(46-119)111-86(133)65(40-58-27-20-16-21-28-58)105-80(127)55(12)102-94(141)77(53(9)10)115-93(140)73-31-24-33-117(73)76(125)44-100-83(130)64(39-57-25-18-15-19-26-57)104-79(126)54(11)101-89(136)69(45-118)114-95(142)78(56(13)122)116-92(139)72(48-121)113-87(134)66(41-59-29-22-17-23-30-59)109-91(138)71(47-120)112-88(135)67(42-74(98)123)106-81(128)60(97)32-34-145-14/h15-23,25-30,49-56,60-73,77-78,118-122H,24,31-48,97H2,1-14H3,(H2,98,123)(H,99,129)(H,100,130)(H,101,136)(H,102,141)(H,103,124)(H,104,126)(H,105,127)(H,106,128)(H,107,137)(H,108,131)(H,109,138)(H,110,132)(H,111,133)(H,112,135)(H,113,134)(H,114,142)(H,115,140)(H,116,139)(H,143,144)/t54-,55-,56+,60-,61-,62-,63-,64-,65-,66-,67-,68-,69-,70-,71-,72-,73-,77-,78-/m0/s1. The quantitative estimate of drug-likeness (QED) is 0.0250. The number of aliphatic hydroxyl groups is 5. The fourth-order valence-electron chi connectivity index (χ4n) is 15.0. The first kappa shape index (κ1) is 124. The van der Waals surface area contributed by atoms with Gasteiger partial charge in [0.15, 0.2) is 0 Å². The number of hydrogen-bond donors (Lipinski definition) is 26. The monoisotopic (exact) mass is 2060 g/mol. The molecule has 0 spiro atoms. The average Bonchev–Trinajstić information content (AvgIpc) is 1.83. The van der Waals surface area contributed by atoms with Crippen LogP contribution in [-0.4, -0.2) is 333 Å². The predicted molar refractivity (Wildman–Crippen MR) is 529 cm³/mol. The molecule has 1 aliphatic heterocycles. The average molecular weight is 2060 g/mol. The molecule has 49 heteroatoms. The SMILES string of the molecule is CSCC[C@H](N)C(=O)N[C@@H](CC(N)=O)C(=O)N[C@@H](CO)C(=O)N[C@@H](Cc1ccccc1)C(=O)N[C@@H](CO)C(=O)N[C@H](C(=O)N[C@@H](CO)C(=O)N[C@@H](C)C(=O)N[C@@H](Cc1ccccc1)C(=O)NCC(=O)N1CCC[C@H]1C(=O)N[C@H](C(=O)N[C@@H](C)C(=O)N[C@@H](Cc1ccccc1)C(=O)N[C@@H](CO)C(=O)N[C@@H](CC(C)C)C(=O)NCC(=O)N[C@@H](CC(C)C)C(=O)N[C@@H](CC(C)C)C(=O)N[C@@H](CC(C)C)C(=O)O)C(C)C)[C@@H](C)O. The number of thioether (sulfide) groups is 1. The van der Waals surface area contributed by atoms with Crippen LogP contribution in [0.5, 0.6) is 0 Å². The number of amides is 20. The molecule has 0 unspecified atom stereocenters. The molecule has 0 bridgehead atoms. The zero-order valence-corrected chi connectivity index (χ0v) is 85.0. The van der Waals surface area contributed by atoms with Gasteiger partial charge in [-0.2, -0.15) is 11.8 Å². The number of nitrogens with zero attached hydrogens (tertiary/aromatic N) is 1. The molecule has 3 aromatic carbocycles. The van der Waals surface area contributed by atoms with E-state index < -0.39 is 291 Å². The lowest BCUT2D eigenvalue weighted by molar-refractivity contribution is -0.143. The van der Waals surface area contributed by atoms with Crippen molar-refractivity contribution in [3.05, 3.63) is 108 Å². The summed E-state index contributed by atoms with van der Waals surface area (Å²) in [5.41, 5.74) is 12.7. The van der Waals surface area contributed by atoms with Gasteiger partial charge in [-0.3, -0.25) is 95.9 Å². The van der Waals surface area contributed by atoms with Gasteiger partial charge < -0.3 is 143 Å². The number of nitrogens with two attached hydrogens (primary N) is 2. The van der Waals surface area contributed by atoms with E-state index >= 15 is 0 Å². The molecule has 0 aliphatic carbocycles. The molecule has 804 valence electrons. The van der Waals surface area contributed by atoms with E-state index in [4.69, 9.17) is 11.5 Å². The molecule has 1 fully saturated rings. The van der Waals surface area contributed by atoms with Gasteiger partial charge in [0.05, 0.1) is 58.1 Å².